The first-order valence-corrected chi connectivity index (χ1v) is 7.85. The molecule has 0 aromatic carbocycles. The number of pyridine rings is 1. The zero-order valence-electron chi connectivity index (χ0n) is 13.7. The summed E-state index contributed by atoms with van der Waals surface area (Å²) in [4.78, 5) is 24.2. The standard InChI is InChI=1S/C17H17N5O3/c1-2-6-19-17(23)14-8-21-15(9-20-14)24-10-12-11-25-22-16(12)13-5-3-4-7-18-13/h3-5,7-9,11H,2,6,10H2,1H3,(H,19,23). The third-order valence-corrected chi connectivity index (χ3v) is 3.32. The molecular weight excluding hydrogens is 322 g/mol. The fraction of sp³-hybridized carbons (Fsp3) is 0.235. The molecule has 8 nitrogen and oxygen atoms in total. The van der Waals surface area contributed by atoms with Gasteiger partial charge in [0.25, 0.3) is 5.91 Å². The van der Waals surface area contributed by atoms with Gasteiger partial charge < -0.3 is 14.6 Å². The molecule has 3 aromatic rings. The quantitative estimate of drug-likeness (QED) is 0.704. The lowest BCUT2D eigenvalue weighted by Crippen LogP contribution is -2.25. The summed E-state index contributed by atoms with van der Waals surface area (Å²) < 4.78 is 10.6. The van der Waals surface area contributed by atoms with Crippen LogP contribution in [0.15, 0.2) is 47.6 Å². The van der Waals surface area contributed by atoms with Gasteiger partial charge in [0, 0.05) is 12.7 Å². The molecule has 0 bridgehead atoms. The van der Waals surface area contributed by atoms with Crippen LogP contribution in [0.25, 0.3) is 11.4 Å². The minimum atomic E-state index is -0.252. The van der Waals surface area contributed by atoms with Gasteiger partial charge in [0.05, 0.1) is 23.7 Å². The molecule has 3 rings (SSSR count). The van der Waals surface area contributed by atoms with Crippen LogP contribution < -0.4 is 10.1 Å². The number of amides is 1. The maximum Gasteiger partial charge on any atom is 0.271 e. The average molecular weight is 339 g/mol. The third kappa shape index (κ3) is 4.17. The first-order chi connectivity index (χ1) is 12.3. The van der Waals surface area contributed by atoms with Crippen molar-refractivity contribution in [2.24, 2.45) is 0 Å². The monoisotopic (exact) mass is 339 g/mol. The van der Waals surface area contributed by atoms with Crippen molar-refractivity contribution in [2.45, 2.75) is 20.0 Å². The summed E-state index contributed by atoms with van der Waals surface area (Å²) in [6.07, 6.45) is 6.84. The number of nitrogens with one attached hydrogen (secondary N) is 1. The zero-order chi connectivity index (χ0) is 17.5. The van der Waals surface area contributed by atoms with Gasteiger partial charge in [0.15, 0.2) is 0 Å². The van der Waals surface area contributed by atoms with Gasteiger partial charge in [-0.25, -0.2) is 9.97 Å². The Kier molecular flexibility index (Phi) is 5.30. The van der Waals surface area contributed by atoms with E-state index in [-0.39, 0.29) is 18.2 Å². The molecule has 0 spiro atoms. The third-order valence-electron chi connectivity index (χ3n) is 3.32. The van der Waals surface area contributed by atoms with Crippen LogP contribution in [0.3, 0.4) is 0 Å². The number of hydrogen-bond acceptors (Lipinski definition) is 7. The molecule has 128 valence electrons. The van der Waals surface area contributed by atoms with E-state index in [0.29, 0.717) is 23.8 Å². The Labute approximate surface area is 144 Å². The number of carbonyl (C=O) groups is 1. The average Bonchev–Trinajstić information content (AvgIpc) is 3.14. The second-order valence-corrected chi connectivity index (χ2v) is 5.19. The second kappa shape index (κ2) is 8.00. The van der Waals surface area contributed by atoms with E-state index >= 15 is 0 Å². The summed E-state index contributed by atoms with van der Waals surface area (Å²) in [6.45, 7) is 2.78. The summed E-state index contributed by atoms with van der Waals surface area (Å²) in [5.74, 6) is 0.0533. The van der Waals surface area contributed by atoms with E-state index in [1.807, 2.05) is 25.1 Å². The van der Waals surface area contributed by atoms with E-state index in [9.17, 15) is 4.79 Å². The van der Waals surface area contributed by atoms with Gasteiger partial charge in [0.2, 0.25) is 5.88 Å². The smallest absolute Gasteiger partial charge is 0.271 e. The fourth-order valence-corrected chi connectivity index (χ4v) is 2.06. The van der Waals surface area contributed by atoms with Crippen molar-refractivity contribution in [3.8, 4) is 17.3 Å². The van der Waals surface area contributed by atoms with Crippen molar-refractivity contribution in [3.63, 3.8) is 0 Å². The molecule has 0 fully saturated rings. The van der Waals surface area contributed by atoms with Crippen LogP contribution in [0.2, 0.25) is 0 Å². The lowest BCUT2D eigenvalue weighted by Gasteiger charge is -2.06. The lowest BCUT2D eigenvalue weighted by molar-refractivity contribution is 0.0948. The Hall–Kier alpha value is -3.29. The number of carbonyl (C=O) groups excluding carboxylic acids is 1. The zero-order valence-corrected chi connectivity index (χ0v) is 13.7. The number of ether oxygens (including phenoxy) is 1. The van der Waals surface area contributed by atoms with Gasteiger partial charge in [-0.1, -0.05) is 18.1 Å². The van der Waals surface area contributed by atoms with Crippen LogP contribution in [-0.4, -0.2) is 32.6 Å². The molecule has 0 unspecified atom stereocenters. The Morgan fingerprint density at radius 1 is 1.24 bits per heavy atom. The summed E-state index contributed by atoms with van der Waals surface area (Å²) in [5.41, 5.74) is 2.30. The van der Waals surface area contributed by atoms with Crippen LogP contribution in [0.1, 0.15) is 29.4 Å². The predicted molar refractivity (Wildman–Crippen MR) is 88.7 cm³/mol. The highest BCUT2D eigenvalue weighted by molar-refractivity contribution is 5.91. The Morgan fingerprint density at radius 3 is 2.88 bits per heavy atom. The highest BCUT2D eigenvalue weighted by Gasteiger charge is 2.13. The molecule has 25 heavy (non-hydrogen) atoms. The van der Waals surface area contributed by atoms with Crippen molar-refractivity contribution < 1.29 is 14.1 Å². The van der Waals surface area contributed by atoms with Gasteiger partial charge in [-0.05, 0) is 18.6 Å². The van der Waals surface area contributed by atoms with Gasteiger partial charge >= 0.3 is 0 Å². The van der Waals surface area contributed by atoms with Gasteiger partial charge in [-0.3, -0.25) is 9.78 Å². The molecule has 3 aromatic heterocycles. The second-order valence-electron chi connectivity index (χ2n) is 5.19. The number of aromatic nitrogens is 4. The summed E-state index contributed by atoms with van der Waals surface area (Å²) in [7, 11) is 0. The van der Waals surface area contributed by atoms with Crippen molar-refractivity contribution in [1.82, 2.24) is 25.4 Å². The van der Waals surface area contributed by atoms with E-state index in [0.717, 1.165) is 12.0 Å². The van der Waals surface area contributed by atoms with E-state index in [4.69, 9.17) is 9.26 Å². The largest absolute Gasteiger partial charge is 0.471 e. The Morgan fingerprint density at radius 2 is 2.16 bits per heavy atom. The fourth-order valence-electron chi connectivity index (χ4n) is 2.06. The molecule has 0 aliphatic heterocycles. The van der Waals surface area contributed by atoms with E-state index in [2.05, 4.69) is 25.4 Å². The Balaban J connectivity index is 1.63. The van der Waals surface area contributed by atoms with Crippen molar-refractivity contribution >= 4 is 5.91 Å². The topological polar surface area (TPSA) is 103 Å². The molecule has 0 saturated carbocycles. The summed E-state index contributed by atoms with van der Waals surface area (Å²) in [5, 5.41) is 6.70. The van der Waals surface area contributed by atoms with Gasteiger partial charge in [-0.15, -0.1) is 0 Å². The van der Waals surface area contributed by atoms with Crippen molar-refractivity contribution in [3.05, 3.63) is 54.3 Å². The maximum atomic E-state index is 11.8. The van der Waals surface area contributed by atoms with E-state index in [1.54, 1.807) is 6.20 Å². The van der Waals surface area contributed by atoms with Crippen LogP contribution in [0.5, 0.6) is 5.88 Å². The first-order valence-electron chi connectivity index (χ1n) is 7.85. The molecule has 0 radical (unpaired) electrons. The minimum absolute atomic E-state index is 0.200. The minimum Gasteiger partial charge on any atom is -0.471 e. The van der Waals surface area contributed by atoms with Crippen LogP contribution in [0, 0.1) is 0 Å². The predicted octanol–water partition coefficient (Wildman–Crippen LogP) is 2.25. The van der Waals surface area contributed by atoms with Crippen LogP contribution in [0.4, 0.5) is 0 Å². The van der Waals surface area contributed by atoms with Crippen molar-refractivity contribution in [1.29, 1.82) is 0 Å². The first kappa shape index (κ1) is 16.6. The molecular formula is C17H17N5O3. The highest BCUT2D eigenvalue weighted by atomic mass is 16.5. The normalized spacial score (nSPS) is 10.4. The van der Waals surface area contributed by atoms with Crippen LogP contribution >= 0.6 is 0 Å². The molecule has 0 atom stereocenters. The highest BCUT2D eigenvalue weighted by Crippen LogP contribution is 2.20. The van der Waals surface area contributed by atoms with Crippen molar-refractivity contribution in [2.75, 3.05) is 6.54 Å². The molecule has 1 amide bonds. The Bertz CT molecular complexity index is 818. The number of rotatable bonds is 7. The van der Waals surface area contributed by atoms with E-state index in [1.165, 1.54) is 18.7 Å². The lowest BCUT2D eigenvalue weighted by atomic mass is 10.2. The molecule has 0 aliphatic rings. The van der Waals surface area contributed by atoms with Gasteiger partial charge in [-0.2, -0.15) is 0 Å². The molecule has 3 heterocycles. The summed E-state index contributed by atoms with van der Waals surface area (Å²) >= 11 is 0. The SMILES string of the molecule is CCCNC(=O)c1cnc(OCc2conc2-c2ccccn2)cn1. The summed E-state index contributed by atoms with van der Waals surface area (Å²) in [6, 6.07) is 5.54. The van der Waals surface area contributed by atoms with E-state index < -0.39 is 0 Å². The molecule has 1 N–H and O–H groups in total. The molecule has 0 saturated heterocycles. The van der Waals surface area contributed by atoms with Gasteiger partial charge in [0.1, 0.15) is 24.3 Å². The maximum absolute atomic E-state index is 11.8. The number of hydrogen-bond donors (Lipinski definition) is 1. The molecule has 0 aliphatic carbocycles. The number of nitrogens with zero attached hydrogens (tertiary/aromatic N) is 4. The molecule has 8 heteroatoms. The van der Waals surface area contributed by atoms with Crippen LogP contribution in [-0.2, 0) is 6.61 Å².